The van der Waals surface area contributed by atoms with Gasteiger partial charge in [0.15, 0.2) is 0 Å². The van der Waals surface area contributed by atoms with Gasteiger partial charge in [0.2, 0.25) is 0 Å². The number of hydrogen-bond acceptors (Lipinski definition) is 3. The van der Waals surface area contributed by atoms with E-state index in [1.54, 1.807) is 25.1 Å². The van der Waals surface area contributed by atoms with Crippen LogP contribution in [-0.4, -0.2) is 30.9 Å². The lowest BCUT2D eigenvalue weighted by Crippen LogP contribution is -2.22. The van der Waals surface area contributed by atoms with Crippen molar-refractivity contribution in [1.29, 1.82) is 0 Å². The maximum atomic E-state index is 11.8. The van der Waals surface area contributed by atoms with Crippen molar-refractivity contribution in [2.24, 2.45) is 0 Å². The Hall–Kier alpha value is -1.71. The summed E-state index contributed by atoms with van der Waals surface area (Å²) in [6, 6.07) is 6.02. The van der Waals surface area contributed by atoms with Gasteiger partial charge in [0, 0.05) is 25.7 Å². The molecule has 0 saturated heterocycles. The van der Waals surface area contributed by atoms with Crippen LogP contribution in [0.3, 0.4) is 0 Å². The van der Waals surface area contributed by atoms with Gasteiger partial charge in [-0.1, -0.05) is 12.8 Å². The second-order valence-corrected chi connectivity index (χ2v) is 5.13. The van der Waals surface area contributed by atoms with Crippen molar-refractivity contribution in [3.8, 4) is 0 Å². The van der Waals surface area contributed by atoms with E-state index < -0.39 is 0 Å². The van der Waals surface area contributed by atoms with Gasteiger partial charge in [0.1, 0.15) is 0 Å². The summed E-state index contributed by atoms with van der Waals surface area (Å²) >= 11 is 0. The highest BCUT2D eigenvalue weighted by atomic mass is 16.2. The lowest BCUT2D eigenvalue weighted by Gasteiger charge is -2.17. The van der Waals surface area contributed by atoms with Gasteiger partial charge in [-0.15, -0.1) is 0 Å². The molecule has 0 aromatic heterocycles. The molecule has 3 N–H and O–H groups in total. The Morgan fingerprint density at radius 3 is 2.56 bits per heavy atom. The highest BCUT2D eigenvalue weighted by molar-refractivity contribution is 5.95. The van der Waals surface area contributed by atoms with Crippen LogP contribution in [0.25, 0.3) is 0 Å². The molecule has 0 bridgehead atoms. The quantitative estimate of drug-likeness (QED) is 0.806. The largest absolute Gasteiger partial charge is 0.397 e. The van der Waals surface area contributed by atoms with Crippen LogP contribution in [0.5, 0.6) is 0 Å². The molecular weight excluding hydrogens is 226 g/mol. The Bertz CT molecular complexity index is 437. The topological polar surface area (TPSA) is 58.4 Å². The number of rotatable bonds is 3. The predicted octanol–water partition coefficient (Wildman–Crippen LogP) is 2.33. The minimum atomic E-state index is -0.0193. The number of nitrogens with two attached hydrogens (primary N) is 1. The van der Waals surface area contributed by atoms with Crippen molar-refractivity contribution in [3.63, 3.8) is 0 Å². The maximum Gasteiger partial charge on any atom is 0.253 e. The molecule has 1 saturated carbocycles. The SMILES string of the molecule is CN(C)C(=O)c1ccc(NC2CCCC2)c(N)c1. The van der Waals surface area contributed by atoms with Crippen LogP contribution < -0.4 is 11.1 Å². The summed E-state index contributed by atoms with van der Waals surface area (Å²) in [7, 11) is 3.48. The summed E-state index contributed by atoms with van der Waals surface area (Å²) in [6.45, 7) is 0. The number of anilines is 2. The van der Waals surface area contributed by atoms with Crippen LogP contribution >= 0.6 is 0 Å². The van der Waals surface area contributed by atoms with Crippen molar-refractivity contribution < 1.29 is 4.79 Å². The van der Waals surface area contributed by atoms with E-state index in [2.05, 4.69) is 5.32 Å². The summed E-state index contributed by atoms with van der Waals surface area (Å²) in [5, 5.41) is 3.45. The molecule has 1 amide bonds. The molecule has 0 unspecified atom stereocenters. The molecule has 4 nitrogen and oxygen atoms in total. The molecule has 0 heterocycles. The van der Waals surface area contributed by atoms with E-state index in [4.69, 9.17) is 5.73 Å². The first-order valence-corrected chi connectivity index (χ1v) is 6.45. The van der Waals surface area contributed by atoms with E-state index >= 15 is 0 Å². The van der Waals surface area contributed by atoms with Crippen LogP contribution in [0.1, 0.15) is 36.0 Å². The van der Waals surface area contributed by atoms with Gasteiger partial charge in [-0.05, 0) is 31.0 Å². The van der Waals surface area contributed by atoms with Gasteiger partial charge in [-0.3, -0.25) is 4.79 Å². The molecule has 18 heavy (non-hydrogen) atoms. The van der Waals surface area contributed by atoms with Crippen molar-refractivity contribution >= 4 is 17.3 Å². The van der Waals surface area contributed by atoms with Crippen molar-refractivity contribution in [3.05, 3.63) is 23.8 Å². The first-order valence-electron chi connectivity index (χ1n) is 6.45. The van der Waals surface area contributed by atoms with Gasteiger partial charge in [0.05, 0.1) is 11.4 Å². The normalized spacial score (nSPS) is 15.7. The Kier molecular flexibility index (Phi) is 3.75. The highest BCUT2D eigenvalue weighted by Crippen LogP contribution is 2.26. The summed E-state index contributed by atoms with van der Waals surface area (Å²) in [6.07, 6.45) is 4.99. The second-order valence-electron chi connectivity index (χ2n) is 5.13. The van der Waals surface area contributed by atoms with Crippen molar-refractivity contribution in [2.75, 3.05) is 25.1 Å². The monoisotopic (exact) mass is 247 g/mol. The third-order valence-corrected chi connectivity index (χ3v) is 3.42. The Labute approximate surface area is 108 Å². The Morgan fingerprint density at radius 2 is 2.00 bits per heavy atom. The number of carbonyl (C=O) groups excluding carboxylic acids is 1. The summed E-state index contributed by atoms with van der Waals surface area (Å²) < 4.78 is 0. The lowest BCUT2D eigenvalue weighted by molar-refractivity contribution is 0.0827. The molecule has 4 heteroatoms. The summed E-state index contributed by atoms with van der Waals surface area (Å²) in [5.41, 5.74) is 8.23. The van der Waals surface area contributed by atoms with E-state index in [-0.39, 0.29) is 5.91 Å². The lowest BCUT2D eigenvalue weighted by atomic mass is 10.1. The number of nitrogen functional groups attached to an aromatic ring is 1. The average Bonchev–Trinajstić information content (AvgIpc) is 2.83. The standard InChI is InChI=1S/C14H21N3O/c1-17(2)14(18)10-7-8-13(12(15)9-10)16-11-5-3-4-6-11/h7-9,11,16H,3-6,15H2,1-2H3. The van der Waals surface area contributed by atoms with Gasteiger partial charge in [-0.25, -0.2) is 0 Å². The Morgan fingerprint density at radius 1 is 1.33 bits per heavy atom. The molecule has 1 aliphatic carbocycles. The van der Waals surface area contributed by atoms with Crippen molar-refractivity contribution in [2.45, 2.75) is 31.7 Å². The molecule has 1 fully saturated rings. The first kappa shape index (κ1) is 12.7. The minimum absolute atomic E-state index is 0.0193. The zero-order valence-electron chi connectivity index (χ0n) is 11.1. The molecular formula is C14H21N3O. The summed E-state index contributed by atoms with van der Waals surface area (Å²) in [4.78, 5) is 13.4. The molecule has 0 aliphatic heterocycles. The van der Waals surface area contributed by atoms with E-state index in [1.165, 1.54) is 25.7 Å². The van der Waals surface area contributed by atoms with E-state index in [1.807, 2.05) is 12.1 Å². The van der Waals surface area contributed by atoms with Crippen molar-refractivity contribution in [1.82, 2.24) is 4.90 Å². The van der Waals surface area contributed by atoms with Gasteiger partial charge in [-0.2, -0.15) is 0 Å². The molecule has 0 atom stereocenters. The van der Waals surface area contributed by atoms with Crippen LogP contribution in [0.15, 0.2) is 18.2 Å². The van der Waals surface area contributed by atoms with Crippen LogP contribution in [0.4, 0.5) is 11.4 Å². The molecule has 1 aliphatic rings. The molecule has 0 spiro atoms. The molecule has 1 aromatic carbocycles. The van der Waals surface area contributed by atoms with E-state index in [9.17, 15) is 4.79 Å². The Balaban J connectivity index is 2.11. The fourth-order valence-electron chi connectivity index (χ4n) is 2.38. The fraction of sp³-hybridized carbons (Fsp3) is 0.500. The maximum absolute atomic E-state index is 11.8. The number of benzene rings is 1. The van der Waals surface area contributed by atoms with Gasteiger partial charge >= 0.3 is 0 Å². The van der Waals surface area contributed by atoms with E-state index in [0.717, 1.165) is 5.69 Å². The zero-order chi connectivity index (χ0) is 13.1. The summed E-state index contributed by atoms with van der Waals surface area (Å²) in [5.74, 6) is -0.0193. The van der Waals surface area contributed by atoms with E-state index in [0.29, 0.717) is 17.3 Å². The number of carbonyl (C=O) groups is 1. The smallest absolute Gasteiger partial charge is 0.253 e. The fourth-order valence-corrected chi connectivity index (χ4v) is 2.38. The number of nitrogens with zero attached hydrogens (tertiary/aromatic N) is 1. The van der Waals surface area contributed by atoms with Crippen LogP contribution in [0, 0.1) is 0 Å². The van der Waals surface area contributed by atoms with Gasteiger partial charge in [0.25, 0.3) is 5.91 Å². The number of nitrogens with one attached hydrogen (secondary N) is 1. The van der Waals surface area contributed by atoms with Crippen LogP contribution in [0.2, 0.25) is 0 Å². The molecule has 2 rings (SSSR count). The predicted molar refractivity (Wildman–Crippen MR) is 74.8 cm³/mol. The van der Waals surface area contributed by atoms with Gasteiger partial charge < -0.3 is 16.0 Å². The second kappa shape index (κ2) is 5.29. The number of hydrogen-bond donors (Lipinski definition) is 2. The minimum Gasteiger partial charge on any atom is -0.397 e. The molecule has 0 radical (unpaired) electrons. The first-order chi connectivity index (χ1) is 8.58. The highest BCUT2D eigenvalue weighted by Gasteiger charge is 2.16. The third kappa shape index (κ3) is 2.75. The number of amides is 1. The third-order valence-electron chi connectivity index (χ3n) is 3.42. The molecule has 98 valence electrons. The molecule has 1 aromatic rings. The van der Waals surface area contributed by atoms with Crippen LogP contribution in [-0.2, 0) is 0 Å². The zero-order valence-corrected chi connectivity index (χ0v) is 11.1. The average molecular weight is 247 g/mol.